The zero-order chi connectivity index (χ0) is 25.8. The van der Waals surface area contributed by atoms with Crippen molar-refractivity contribution in [2.24, 2.45) is 0 Å². The van der Waals surface area contributed by atoms with Gasteiger partial charge >= 0.3 is 0 Å². The quantitative estimate of drug-likeness (QED) is 0.225. The monoisotopic (exact) mass is 575 g/mol. The lowest BCUT2D eigenvalue weighted by Gasteiger charge is -2.12. The number of amides is 1. The number of nitrogens with one attached hydrogen (secondary N) is 2. The number of rotatable bonds is 8. The van der Waals surface area contributed by atoms with Crippen molar-refractivity contribution in [3.05, 3.63) is 111 Å². The zero-order valence-electron chi connectivity index (χ0n) is 19.9. The molecule has 7 nitrogen and oxygen atoms in total. The molecule has 0 saturated heterocycles. The number of hydrogen-bond acceptors (Lipinski definition) is 5. The molecule has 186 valence electrons. The predicted octanol–water partition coefficient (Wildman–Crippen LogP) is 6.36. The van der Waals surface area contributed by atoms with Gasteiger partial charge in [-0.3, -0.25) is 4.79 Å². The highest BCUT2D eigenvalue weighted by molar-refractivity contribution is 9.10. The van der Waals surface area contributed by atoms with E-state index in [1.165, 1.54) is 0 Å². The molecule has 0 aliphatic heterocycles. The van der Waals surface area contributed by atoms with E-state index in [4.69, 9.17) is 21.3 Å². The molecule has 0 unspecified atom stereocenters. The molecule has 3 aromatic carbocycles. The van der Waals surface area contributed by atoms with Gasteiger partial charge in [0, 0.05) is 35.3 Å². The van der Waals surface area contributed by atoms with Gasteiger partial charge < -0.3 is 15.4 Å². The van der Waals surface area contributed by atoms with E-state index in [1.54, 1.807) is 42.1 Å². The number of ether oxygens (including phenoxy) is 1. The van der Waals surface area contributed by atoms with E-state index in [-0.39, 0.29) is 5.91 Å². The first kappa shape index (κ1) is 24.8. The van der Waals surface area contributed by atoms with Crippen LogP contribution in [0.2, 0.25) is 5.02 Å². The van der Waals surface area contributed by atoms with Gasteiger partial charge in [-0.25, -0.2) is 4.98 Å². The highest BCUT2D eigenvalue weighted by Crippen LogP contribution is 2.30. The molecule has 0 aliphatic carbocycles. The summed E-state index contributed by atoms with van der Waals surface area (Å²) in [6, 6.07) is 24.7. The van der Waals surface area contributed by atoms with Crippen molar-refractivity contribution in [3.63, 3.8) is 0 Å². The van der Waals surface area contributed by atoms with E-state index in [0.29, 0.717) is 35.1 Å². The van der Waals surface area contributed by atoms with Gasteiger partial charge in [0.25, 0.3) is 5.91 Å². The van der Waals surface area contributed by atoms with Crippen LogP contribution in [0.3, 0.4) is 0 Å². The molecule has 0 atom stereocenters. The summed E-state index contributed by atoms with van der Waals surface area (Å²) in [6.07, 6.45) is 1.72. The van der Waals surface area contributed by atoms with Crippen LogP contribution >= 0.6 is 27.5 Å². The van der Waals surface area contributed by atoms with E-state index in [2.05, 4.69) is 37.7 Å². The third-order valence-corrected chi connectivity index (χ3v) is 6.74. The maximum absolute atomic E-state index is 12.5. The van der Waals surface area contributed by atoms with Crippen LogP contribution in [0.15, 0.2) is 89.5 Å². The lowest BCUT2D eigenvalue weighted by molar-refractivity contribution is 0.0951. The standard InChI is InChI=1S/C28H23BrClN5O2/c1-37-21-11-9-20(10-12-21)28(36)32-16-19-6-4-5-18(13-19)15-31-26-14-25(22-7-2-3-8-24(22)30)34-27-23(29)17-33-35(26)27/h2-14,17,31H,15-16H2,1H3,(H,32,36). The average molecular weight is 577 g/mol. The lowest BCUT2D eigenvalue weighted by atomic mass is 10.1. The molecule has 37 heavy (non-hydrogen) atoms. The second-order valence-electron chi connectivity index (χ2n) is 8.32. The Bertz CT molecular complexity index is 1570. The van der Waals surface area contributed by atoms with Crippen molar-refractivity contribution >= 4 is 44.9 Å². The van der Waals surface area contributed by atoms with Crippen molar-refractivity contribution in [1.82, 2.24) is 19.9 Å². The van der Waals surface area contributed by atoms with Crippen LogP contribution in [0.5, 0.6) is 5.75 Å². The van der Waals surface area contributed by atoms with Crippen LogP contribution in [0.4, 0.5) is 5.82 Å². The van der Waals surface area contributed by atoms with Crippen LogP contribution in [-0.2, 0) is 13.1 Å². The summed E-state index contributed by atoms with van der Waals surface area (Å²) in [5, 5.41) is 11.5. The maximum Gasteiger partial charge on any atom is 0.251 e. The summed E-state index contributed by atoms with van der Waals surface area (Å²) in [6.45, 7) is 0.972. The van der Waals surface area contributed by atoms with Crippen LogP contribution in [-0.4, -0.2) is 27.6 Å². The summed E-state index contributed by atoms with van der Waals surface area (Å²) in [4.78, 5) is 17.3. The Morgan fingerprint density at radius 3 is 2.51 bits per heavy atom. The second kappa shape index (κ2) is 11.0. The topological polar surface area (TPSA) is 80.5 Å². The Kier molecular flexibility index (Phi) is 7.39. The number of halogens is 2. The largest absolute Gasteiger partial charge is 0.497 e. The number of benzene rings is 3. The number of methoxy groups -OCH3 is 1. The van der Waals surface area contributed by atoms with Gasteiger partial charge in [0.05, 0.1) is 23.5 Å². The summed E-state index contributed by atoms with van der Waals surface area (Å²) in [5.74, 6) is 1.36. The van der Waals surface area contributed by atoms with Gasteiger partial charge in [-0.1, -0.05) is 54.1 Å². The number of carbonyl (C=O) groups is 1. The molecule has 5 rings (SSSR count). The minimum absolute atomic E-state index is 0.137. The molecule has 0 radical (unpaired) electrons. The molecule has 0 bridgehead atoms. The number of nitrogens with zero attached hydrogens (tertiary/aromatic N) is 3. The molecule has 2 aromatic heterocycles. The Labute approximate surface area is 227 Å². The molecule has 2 N–H and O–H groups in total. The first-order chi connectivity index (χ1) is 18.0. The summed E-state index contributed by atoms with van der Waals surface area (Å²) < 4.78 is 7.69. The fraction of sp³-hybridized carbons (Fsp3) is 0.107. The number of aromatic nitrogens is 3. The van der Waals surface area contributed by atoms with Crippen LogP contribution < -0.4 is 15.4 Å². The van der Waals surface area contributed by atoms with Gasteiger partial charge in [-0.2, -0.15) is 9.61 Å². The number of carbonyl (C=O) groups excluding carboxylic acids is 1. The fourth-order valence-electron chi connectivity index (χ4n) is 3.94. The molecule has 1 amide bonds. The van der Waals surface area contributed by atoms with Crippen molar-refractivity contribution < 1.29 is 9.53 Å². The van der Waals surface area contributed by atoms with Crippen molar-refractivity contribution in [2.75, 3.05) is 12.4 Å². The molecule has 0 spiro atoms. The maximum atomic E-state index is 12.5. The van der Waals surface area contributed by atoms with Gasteiger partial charge in [0.2, 0.25) is 0 Å². The molecular weight excluding hydrogens is 554 g/mol. The van der Waals surface area contributed by atoms with E-state index >= 15 is 0 Å². The third-order valence-electron chi connectivity index (χ3n) is 5.85. The first-order valence-electron chi connectivity index (χ1n) is 11.5. The Balaban J connectivity index is 1.31. The highest BCUT2D eigenvalue weighted by Gasteiger charge is 2.13. The predicted molar refractivity (Wildman–Crippen MR) is 149 cm³/mol. The van der Waals surface area contributed by atoms with E-state index in [0.717, 1.165) is 32.7 Å². The normalized spacial score (nSPS) is 10.9. The second-order valence-corrected chi connectivity index (χ2v) is 9.58. The Morgan fingerprint density at radius 2 is 1.76 bits per heavy atom. The van der Waals surface area contributed by atoms with Crippen molar-refractivity contribution in [2.45, 2.75) is 13.1 Å². The Hall–Kier alpha value is -3.88. The SMILES string of the molecule is COc1ccc(C(=O)NCc2cccc(CNc3cc(-c4ccccc4Cl)nc4c(Br)cnn34)c2)cc1. The van der Waals surface area contributed by atoms with Crippen LogP contribution in [0, 0.1) is 0 Å². The zero-order valence-corrected chi connectivity index (χ0v) is 22.3. The third kappa shape index (κ3) is 5.60. The average Bonchev–Trinajstić information content (AvgIpc) is 3.31. The first-order valence-corrected chi connectivity index (χ1v) is 12.7. The Morgan fingerprint density at radius 1 is 1.00 bits per heavy atom. The number of fused-ring (bicyclic) bond motifs is 1. The lowest BCUT2D eigenvalue weighted by Crippen LogP contribution is -2.22. The smallest absolute Gasteiger partial charge is 0.251 e. The highest BCUT2D eigenvalue weighted by atomic mass is 79.9. The molecular formula is C28H23BrClN5O2. The van der Waals surface area contributed by atoms with Gasteiger partial charge in [0.1, 0.15) is 11.6 Å². The van der Waals surface area contributed by atoms with Gasteiger partial charge in [-0.05, 0) is 57.4 Å². The minimum Gasteiger partial charge on any atom is -0.497 e. The van der Waals surface area contributed by atoms with Crippen LogP contribution in [0.1, 0.15) is 21.5 Å². The van der Waals surface area contributed by atoms with Crippen molar-refractivity contribution in [1.29, 1.82) is 0 Å². The number of hydrogen-bond donors (Lipinski definition) is 2. The fourth-order valence-corrected chi connectivity index (χ4v) is 4.52. The summed E-state index contributed by atoms with van der Waals surface area (Å²) in [5.41, 5.74) is 4.93. The molecule has 2 heterocycles. The molecule has 0 saturated carbocycles. The van der Waals surface area contributed by atoms with E-state index in [1.807, 2.05) is 48.5 Å². The molecule has 0 aliphatic rings. The van der Waals surface area contributed by atoms with Gasteiger partial charge in [-0.15, -0.1) is 0 Å². The van der Waals surface area contributed by atoms with E-state index in [9.17, 15) is 4.79 Å². The van der Waals surface area contributed by atoms with Crippen molar-refractivity contribution in [3.8, 4) is 17.0 Å². The molecule has 5 aromatic rings. The van der Waals surface area contributed by atoms with Crippen LogP contribution in [0.25, 0.3) is 16.9 Å². The molecule has 9 heteroatoms. The summed E-state index contributed by atoms with van der Waals surface area (Å²) >= 11 is 9.98. The van der Waals surface area contributed by atoms with E-state index < -0.39 is 0 Å². The molecule has 0 fully saturated rings. The summed E-state index contributed by atoms with van der Waals surface area (Å²) in [7, 11) is 1.60. The number of anilines is 1. The minimum atomic E-state index is -0.137. The van der Waals surface area contributed by atoms with Gasteiger partial charge in [0.15, 0.2) is 5.65 Å².